The number of benzene rings is 1. The number of nitrogens with zero attached hydrogens (tertiary/aromatic N) is 2. The number of carbonyl (C=O) groups is 1. The van der Waals surface area contributed by atoms with Gasteiger partial charge in [-0.1, -0.05) is 17.7 Å². The number of rotatable bonds is 2. The second kappa shape index (κ2) is 5.82. The van der Waals surface area contributed by atoms with Gasteiger partial charge >= 0.3 is 0 Å². The zero-order valence-corrected chi connectivity index (χ0v) is 12.1. The van der Waals surface area contributed by atoms with Gasteiger partial charge in [0.25, 0.3) is 5.91 Å². The molecule has 2 heterocycles. The molecule has 1 aliphatic heterocycles. The lowest BCUT2D eigenvalue weighted by molar-refractivity contribution is 0.0731. The van der Waals surface area contributed by atoms with Gasteiger partial charge in [0.15, 0.2) is 0 Å². The SMILES string of the molecule is O=C(c1c(F)cccc1Cl)N1CCCC1c1ccncc1. The minimum atomic E-state index is -0.576. The molecule has 5 heteroatoms. The van der Waals surface area contributed by atoms with Crippen LogP contribution in [-0.4, -0.2) is 22.3 Å². The van der Waals surface area contributed by atoms with Gasteiger partial charge in [0.2, 0.25) is 0 Å². The summed E-state index contributed by atoms with van der Waals surface area (Å²) < 4.78 is 13.9. The van der Waals surface area contributed by atoms with Gasteiger partial charge in [-0.15, -0.1) is 0 Å². The Balaban J connectivity index is 1.94. The predicted octanol–water partition coefficient (Wildman–Crippen LogP) is 3.85. The van der Waals surface area contributed by atoms with Crippen molar-refractivity contribution in [1.29, 1.82) is 0 Å². The number of carbonyl (C=O) groups excluding carboxylic acids is 1. The molecule has 1 fully saturated rings. The highest BCUT2D eigenvalue weighted by atomic mass is 35.5. The smallest absolute Gasteiger partial charge is 0.258 e. The van der Waals surface area contributed by atoms with E-state index in [1.54, 1.807) is 17.3 Å². The average Bonchev–Trinajstić information content (AvgIpc) is 2.97. The predicted molar refractivity (Wildman–Crippen MR) is 78.7 cm³/mol. The first-order valence-electron chi connectivity index (χ1n) is 6.83. The molecule has 0 aliphatic carbocycles. The third kappa shape index (κ3) is 2.63. The van der Waals surface area contributed by atoms with E-state index in [0.29, 0.717) is 6.54 Å². The fourth-order valence-electron chi connectivity index (χ4n) is 2.79. The highest BCUT2D eigenvalue weighted by Gasteiger charge is 2.32. The van der Waals surface area contributed by atoms with Crippen molar-refractivity contribution in [3.05, 3.63) is 64.7 Å². The van der Waals surface area contributed by atoms with Crippen LogP contribution in [0, 0.1) is 5.82 Å². The molecule has 1 saturated heterocycles. The Morgan fingerprint density at radius 2 is 2.05 bits per heavy atom. The second-order valence-corrected chi connectivity index (χ2v) is 5.44. The maximum atomic E-state index is 13.9. The van der Waals surface area contributed by atoms with E-state index >= 15 is 0 Å². The van der Waals surface area contributed by atoms with E-state index in [9.17, 15) is 9.18 Å². The van der Waals surface area contributed by atoms with Gasteiger partial charge in [0, 0.05) is 18.9 Å². The molecule has 3 nitrogen and oxygen atoms in total. The number of likely N-dealkylation sites (tertiary alicyclic amines) is 1. The summed E-state index contributed by atoms with van der Waals surface area (Å²) in [4.78, 5) is 18.3. The molecule has 1 aromatic heterocycles. The molecule has 1 aliphatic rings. The van der Waals surface area contributed by atoms with Gasteiger partial charge in [-0.25, -0.2) is 4.39 Å². The van der Waals surface area contributed by atoms with Gasteiger partial charge in [-0.3, -0.25) is 9.78 Å². The Hall–Kier alpha value is -1.94. The Labute approximate surface area is 127 Å². The number of pyridine rings is 1. The summed E-state index contributed by atoms with van der Waals surface area (Å²) in [5.74, 6) is -0.926. The maximum Gasteiger partial charge on any atom is 0.258 e. The van der Waals surface area contributed by atoms with E-state index in [0.717, 1.165) is 18.4 Å². The Kier molecular flexibility index (Phi) is 3.88. The van der Waals surface area contributed by atoms with Gasteiger partial charge < -0.3 is 4.90 Å². The Bertz CT molecular complexity index is 642. The van der Waals surface area contributed by atoms with Crippen molar-refractivity contribution in [1.82, 2.24) is 9.88 Å². The van der Waals surface area contributed by atoms with E-state index in [4.69, 9.17) is 11.6 Å². The summed E-state index contributed by atoms with van der Waals surface area (Å²) in [6.45, 7) is 0.608. The lowest BCUT2D eigenvalue weighted by atomic mass is 10.1. The van der Waals surface area contributed by atoms with Crippen molar-refractivity contribution in [2.45, 2.75) is 18.9 Å². The first kappa shape index (κ1) is 14.0. The molecular weight excluding hydrogens is 291 g/mol. The standard InChI is InChI=1S/C16H14ClFN2O/c17-12-3-1-4-13(18)15(12)16(21)20-10-2-5-14(20)11-6-8-19-9-7-11/h1,3-4,6-9,14H,2,5,10H2. The summed E-state index contributed by atoms with van der Waals surface area (Å²) in [6.07, 6.45) is 5.16. The van der Waals surface area contributed by atoms with Crippen molar-refractivity contribution in [3.63, 3.8) is 0 Å². The zero-order chi connectivity index (χ0) is 14.8. The summed E-state index contributed by atoms with van der Waals surface area (Å²) in [5, 5.41) is 0.153. The van der Waals surface area contributed by atoms with Crippen LogP contribution in [0.3, 0.4) is 0 Å². The van der Waals surface area contributed by atoms with E-state index in [1.165, 1.54) is 18.2 Å². The Morgan fingerprint density at radius 1 is 1.29 bits per heavy atom. The number of amides is 1. The normalized spacial score (nSPS) is 18.0. The van der Waals surface area contributed by atoms with Gasteiger partial charge in [0.1, 0.15) is 5.82 Å². The third-order valence-electron chi connectivity index (χ3n) is 3.78. The minimum absolute atomic E-state index is 0.0416. The van der Waals surface area contributed by atoms with Crippen molar-refractivity contribution in [3.8, 4) is 0 Å². The molecule has 21 heavy (non-hydrogen) atoms. The van der Waals surface area contributed by atoms with Crippen LogP contribution < -0.4 is 0 Å². The Morgan fingerprint density at radius 3 is 2.76 bits per heavy atom. The van der Waals surface area contributed by atoms with Crippen molar-refractivity contribution in [2.75, 3.05) is 6.54 Å². The van der Waals surface area contributed by atoms with Crippen molar-refractivity contribution < 1.29 is 9.18 Å². The molecule has 1 unspecified atom stereocenters. The van der Waals surface area contributed by atoms with Crippen molar-refractivity contribution >= 4 is 17.5 Å². The van der Waals surface area contributed by atoms with Crippen LogP contribution in [-0.2, 0) is 0 Å². The average molecular weight is 305 g/mol. The number of hydrogen-bond acceptors (Lipinski definition) is 2. The lowest BCUT2D eigenvalue weighted by Crippen LogP contribution is -2.31. The molecule has 0 N–H and O–H groups in total. The van der Waals surface area contributed by atoms with Crippen LogP contribution in [0.5, 0.6) is 0 Å². The molecule has 3 rings (SSSR count). The van der Waals surface area contributed by atoms with E-state index in [2.05, 4.69) is 4.98 Å². The lowest BCUT2D eigenvalue weighted by Gasteiger charge is -2.25. The highest BCUT2D eigenvalue weighted by Crippen LogP contribution is 2.34. The van der Waals surface area contributed by atoms with Crippen LogP contribution >= 0.6 is 11.6 Å². The zero-order valence-electron chi connectivity index (χ0n) is 11.3. The summed E-state index contributed by atoms with van der Waals surface area (Å²) in [5.41, 5.74) is 0.975. The van der Waals surface area contributed by atoms with Crippen LogP contribution in [0.1, 0.15) is 34.8 Å². The van der Waals surface area contributed by atoms with Crippen molar-refractivity contribution in [2.24, 2.45) is 0 Å². The van der Waals surface area contributed by atoms with E-state index in [1.807, 2.05) is 12.1 Å². The second-order valence-electron chi connectivity index (χ2n) is 5.03. The number of halogens is 2. The molecule has 0 saturated carbocycles. The summed E-state index contributed by atoms with van der Waals surface area (Å²) >= 11 is 6.00. The molecule has 1 aromatic carbocycles. The highest BCUT2D eigenvalue weighted by molar-refractivity contribution is 6.33. The van der Waals surface area contributed by atoms with Crippen LogP contribution in [0.4, 0.5) is 4.39 Å². The number of hydrogen-bond donors (Lipinski definition) is 0. The maximum absolute atomic E-state index is 13.9. The first-order valence-corrected chi connectivity index (χ1v) is 7.21. The molecule has 0 spiro atoms. The largest absolute Gasteiger partial charge is 0.331 e. The third-order valence-corrected chi connectivity index (χ3v) is 4.10. The fourth-order valence-corrected chi connectivity index (χ4v) is 3.03. The van der Waals surface area contributed by atoms with E-state index < -0.39 is 5.82 Å². The molecule has 1 atom stereocenters. The fraction of sp³-hybridized carbons (Fsp3) is 0.250. The minimum Gasteiger partial charge on any atom is -0.331 e. The van der Waals surface area contributed by atoms with Crippen LogP contribution in [0.15, 0.2) is 42.7 Å². The van der Waals surface area contributed by atoms with Crippen LogP contribution in [0.25, 0.3) is 0 Å². The van der Waals surface area contributed by atoms with Gasteiger partial charge in [-0.2, -0.15) is 0 Å². The van der Waals surface area contributed by atoms with Crippen LogP contribution in [0.2, 0.25) is 5.02 Å². The molecule has 108 valence electrons. The van der Waals surface area contributed by atoms with Gasteiger partial charge in [-0.05, 0) is 42.7 Å². The quantitative estimate of drug-likeness (QED) is 0.844. The summed E-state index contributed by atoms with van der Waals surface area (Å²) in [7, 11) is 0. The van der Waals surface area contributed by atoms with Gasteiger partial charge in [0.05, 0.1) is 16.6 Å². The molecule has 2 aromatic rings. The monoisotopic (exact) mass is 304 g/mol. The number of aromatic nitrogens is 1. The molecular formula is C16H14ClFN2O. The molecule has 0 bridgehead atoms. The topological polar surface area (TPSA) is 33.2 Å². The molecule has 1 amide bonds. The first-order chi connectivity index (χ1) is 10.2. The summed E-state index contributed by atoms with van der Waals surface area (Å²) in [6, 6.07) is 8.03. The molecule has 0 radical (unpaired) electrons. The van der Waals surface area contributed by atoms with E-state index in [-0.39, 0.29) is 22.5 Å².